The van der Waals surface area contributed by atoms with Gasteiger partial charge in [0.15, 0.2) is 0 Å². The maximum absolute atomic E-state index is 4.70. The van der Waals surface area contributed by atoms with Crippen LogP contribution in [0.2, 0.25) is 0 Å². The molecule has 2 aliphatic rings. The third-order valence-electron chi connectivity index (χ3n) is 11.4. The zero-order valence-electron chi connectivity index (χ0n) is 32.6. The van der Waals surface area contributed by atoms with Gasteiger partial charge in [-0.1, -0.05) is 145 Å². The fourth-order valence-electron chi connectivity index (χ4n) is 7.44. The summed E-state index contributed by atoms with van der Waals surface area (Å²) in [4.78, 5) is 0. The first-order valence-electron chi connectivity index (χ1n) is 18.8. The minimum absolute atomic E-state index is 0.314. The fourth-order valence-corrected chi connectivity index (χ4v) is 7.44. The van der Waals surface area contributed by atoms with Crippen molar-refractivity contribution in [2.45, 2.75) is 127 Å². The Kier molecular flexibility index (Phi) is 14.3. The Labute approximate surface area is 297 Å². The number of allylic oxidation sites excluding steroid dienone is 14. The Bertz CT molecular complexity index is 1480. The van der Waals surface area contributed by atoms with Gasteiger partial charge in [0, 0.05) is 0 Å². The van der Waals surface area contributed by atoms with Gasteiger partial charge in [0.25, 0.3) is 0 Å². The average molecular weight is 645 g/mol. The predicted octanol–water partition coefficient (Wildman–Crippen LogP) is 14.9. The second-order valence-corrected chi connectivity index (χ2v) is 16.7. The van der Waals surface area contributed by atoms with Crippen LogP contribution in [0.15, 0.2) is 126 Å². The molecular formula is C48H68. The van der Waals surface area contributed by atoms with E-state index in [4.69, 9.17) is 6.58 Å². The molecule has 1 aromatic carbocycles. The van der Waals surface area contributed by atoms with Crippen LogP contribution in [0.3, 0.4) is 0 Å². The van der Waals surface area contributed by atoms with Crippen molar-refractivity contribution in [1.29, 1.82) is 0 Å². The Morgan fingerprint density at radius 2 is 1.62 bits per heavy atom. The molecule has 0 nitrogen and oxygen atoms in total. The summed E-state index contributed by atoms with van der Waals surface area (Å²) in [6, 6.07) is 9.38. The van der Waals surface area contributed by atoms with Gasteiger partial charge in [-0.3, -0.25) is 0 Å². The van der Waals surface area contributed by atoms with Crippen molar-refractivity contribution in [3.05, 3.63) is 137 Å². The van der Waals surface area contributed by atoms with Crippen molar-refractivity contribution in [3.63, 3.8) is 0 Å². The minimum atomic E-state index is 0.314. The SMILES string of the molecule is C=C(C)CC(CC)C(C)CC[C@@H](CC(=C)/C(C)=C/C(/C=C1/CC(C(C)(C)C)CCC1=C)=C(C)C)c1ccc(C2=CC(C)C(=C)C=C2)cc1. The van der Waals surface area contributed by atoms with Gasteiger partial charge in [0.2, 0.25) is 0 Å². The third kappa shape index (κ3) is 11.2. The largest absolute Gasteiger partial charge is 0.100 e. The lowest BCUT2D eigenvalue weighted by Gasteiger charge is -2.36. The molecule has 3 rings (SSSR count). The number of hydrogen-bond donors (Lipinski definition) is 0. The lowest BCUT2D eigenvalue weighted by atomic mass is 9.69. The average Bonchev–Trinajstić information content (AvgIpc) is 3.02. The highest BCUT2D eigenvalue weighted by molar-refractivity contribution is 5.76. The first-order valence-corrected chi connectivity index (χ1v) is 18.8. The van der Waals surface area contributed by atoms with E-state index in [1.165, 1.54) is 80.5 Å². The summed E-state index contributed by atoms with van der Waals surface area (Å²) in [6.45, 7) is 40.7. The zero-order chi connectivity index (χ0) is 35.8. The maximum Gasteiger partial charge on any atom is -0.000709 e. The summed E-state index contributed by atoms with van der Waals surface area (Å²) in [7, 11) is 0. The van der Waals surface area contributed by atoms with Gasteiger partial charge in [-0.05, 0) is 147 Å². The molecule has 0 aromatic heterocycles. The van der Waals surface area contributed by atoms with Gasteiger partial charge in [0.05, 0.1) is 0 Å². The molecule has 0 radical (unpaired) electrons. The van der Waals surface area contributed by atoms with Crippen molar-refractivity contribution >= 4 is 5.57 Å². The van der Waals surface area contributed by atoms with E-state index in [2.05, 4.69) is 144 Å². The summed E-state index contributed by atoms with van der Waals surface area (Å²) in [5.41, 5.74) is 14.7. The van der Waals surface area contributed by atoms with E-state index >= 15 is 0 Å². The molecule has 1 aromatic rings. The molecule has 260 valence electrons. The first-order chi connectivity index (χ1) is 22.5. The van der Waals surface area contributed by atoms with Gasteiger partial charge in [-0.15, -0.1) is 6.58 Å². The van der Waals surface area contributed by atoms with E-state index in [0.29, 0.717) is 35.0 Å². The van der Waals surface area contributed by atoms with Crippen LogP contribution < -0.4 is 0 Å². The molecule has 5 atom stereocenters. The summed E-state index contributed by atoms with van der Waals surface area (Å²) in [6.07, 6.45) is 20.7. The number of rotatable bonds is 14. The van der Waals surface area contributed by atoms with Gasteiger partial charge in [-0.2, -0.15) is 0 Å². The van der Waals surface area contributed by atoms with E-state index < -0.39 is 0 Å². The second kappa shape index (κ2) is 17.5. The molecule has 0 N–H and O–H groups in total. The summed E-state index contributed by atoms with van der Waals surface area (Å²) < 4.78 is 0. The lowest BCUT2D eigenvalue weighted by Crippen LogP contribution is -2.24. The highest BCUT2D eigenvalue weighted by atomic mass is 14.3. The Hall–Kier alpha value is -3.12. The standard InChI is InChI=1S/C48H68/c1-15-40(26-32(2)3)35(7)17-20-44(42-23-21-41(22-24-42)43-19-16-34(6)37(9)27-43)28-38(10)39(11)29-45(33(4)5)30-46-31-47(48(12,13)14)25-18-36(46)8/h16,19,21-24,27,29-30,35,37,40,44,47H,2,6,8,10,15,17-18,20,25-26,28,31H2,1,3-5,7,9,11-14H3/b39-29+,46-30-/t35?,37?,40?,44-,47?/m0/s1. The molecule has 1 fully saturated rings. The monoisotopic (exact) mass is 645 g/mol. The topological polar surface area (TPSA) is 0 Å². The Balaban J connectivity index is 1.87. The number of hydrogen-bond acceptors (Lipinski definition) is 0. The van der Waals surface area contributed by atoms with Crippen LogP contribution in [0.5, 0.6) is 0 Å². The highest BCUT2D eigenvalue weighted by Gasteiger charge is 2.29. The van der Waals surface area contributed by atoms with Crippen LogP contribution in [-0.4, -0.2) is 0 Å². The third-order valence-corrected chi connectivity index (χ3v) is 11.4. The van der Waals surface area contributed by atoms with Crippen LogP contribution >= 0.6 is 0 Å². The summed E-state index contributed by atoms with van der Waals surface area (Å²) >= 11 is 0. The Morgan fingerprint density at radius 1 is 0.958 bits per heavy atom. The fraction of sp³-hybridized carbons (Fsp3) is 0.500. The van der Waals surface area contributed by atoms with Crippen molar-refractivity contribution in [2.24, 2.45) is 29.1 Å². The van der Waals surface area contributed by atoms with Crippen LogP contribution in [0, 0.1) is 29.1 Å². The highest BCUT2D eigenvalue weighted by Crippen LogP contribution is 2.42. The van der Waals surface area contributed by atoms with Crippen molar-refractivity contribution in [3.8, 4) is 0 Å². The van der Waals surface area contributed by atoms with E-state index in [1.807, 2.05) is 0 Å². The maximum atomic E-state index is 4.70. The molecule has 0 bridgehead atoms. The molecule has 0 saturated heterocycles. The quantitative estimate of drug-likeness (QED) is 0.140. The summed E-state index contributed by atoms with van der Waals surface area (Å²) in [5, 5.41) is 0. The molecule has 0 aliphatic heterocycles. The van der Waals surface area contributed by atoms with E-state index in [9.17, 15) is 0 Å². The number of benzene rings is 1. The molecule has 0 heteroatoms. The summed E-state index contributed by atoms with van der Waals surface area (Å²) in [5.74, 6) is 2.85. The van der Waals surface area contributed by atoms with Crippen LogP contribution in [0.1, 0.15) is 138 Å². The minimum Gasteiger partial charge on any atom is -0.100 e. The lowest BCUT2D eigenvalue weighted by molar-refractivity contribution is 0.215. The van der Waals surface area contributed by atoms with Gasteiger partial charge < -0.3 is 0 Å². The van der Waals surface area contributed by atoms with E-state index in [1.54, 1.807) is 0 Å². The van der Waals surface area contributed by atoms with Crippen molar-refractivity contribution < 1.29 is 0 Å². The predicted molar refractivity (Wildman–Crippen MR) is 216 cm³/mol. The molecular weight excluding hydrogens is 577 g/mol. The second-order valence-electron chi connectivity index (χ2n) is 16.7. The first kappa shape index (κ1) is 39.3. The van der Waals surface area contributed by atoms with Crippen molar-refractivity contribution in [2.75, 3.05) is 0 Å². The zero-order valence-corrected chi connectivity index (χ0v) is 32.6. The van der Waals surface area contributed by atoms with Gasteiger partial charge >= 0.3 is 0 Å². The van der Waals surface area contributed by atoms with E-state index in [-0.39, 0.29) is 0 Å². The molecule has 4 unspecified atom stereocenters. The molecule has 1 saturated carbocycles. The van der Waals surface area contributed by atoms with E-state index in [0.717, 1.165) is 32.1 Å². The van der Waals surface area contributed by atoms with Crippen LogP contribution in [0.25, 0.3) is 5.57 Å². The van der Waals surface area contributed by atoms with Crippen LogP contribution in [-0.2, 0) is 0 Å². The van der Waals surface area contributed by atoms with Crippen molar-refractivity contribution in [1.82, 2.24) is 0 Å². The Morgan fingerprint density at radius 3 is 2.19 bits per heavy atom. The molecule has 2 aliphatic carbocycles. The molecule has 0 heterocycles. The molecule has 0 amide bonds. The molecule has 0 spiro atoms. The smallest absolute Gasteiger partial charge is 0.000709 e. The van der Waals surface area contributed by atoms with Gasteiger partial charge in [-0.25, -0.2) is 0 Å². The van der Waals surface area contributed by atoms with Crippen LogP contribution in [0.4, 0.5) is 0 Å². The molecule has 48 heavy (non-hydrogen) atoms. The van der Waals surface area contributed by atoms with Gasteiger partial charge in [0.1, 0.15) is 0 Å². The normalized spacial score (nSPS) is 21.5.